The third kappa shape index (κ3) is 4.10. The van der Waals surface area contributed by atoms with Crippen LogP contribution in [0, 0.1) is 11.8 Å². The van der Waals surface area contributed by atoms with E-state index in [2.05, 4.69) is 9.80 Å². The minimum atomic E-state index is -0.969. The third-order valence-electron chi connectivity index (χ3n) is 6.29. The van der Waals surface area contributed by atoms with Crippen LogP contribution in [0.15, 0.2) is 24.3 Å². The number of hydrogen-bond acceptors (Lipinski definition) is 4. The number of carbonyl (C=O) groups is 2. The van der Waals surface area contributed by atoms with Crippen molar-refractivity contribution in [1.29, 1.82) is 0 Å². The summed E-state index contributed by atoms with van der Waals surface area (Å²) in [5, 5.41) is 8.89. The highest BCUT2D eigenvalue weighted by atomic mass is 16.5. The molecule has 1 N–H and O–H groups in total. The van der Waals surface area contributed by atoms with Crippen molar-refractivity contribution in [2.75, 3.05) is 26.2 Å². The maximum absolute atomic E-state index is 12.8. The molecular weight excluding hydrogens is 344 g/mol. The highest BCUT2D eigenvalue weighted by Gasteiger charge is 2.39. The lowest BCUT2D eigenvalue weighted by Crippen LogP contribution is -2.45. The first-order valence-corrected chi connectivity index (χ1v) is 10.1. The van der Waals surface area contributed by atoms with Crippen LogP contribution in [-0.2, 0) is 16.1 Å². The quantitative estimate of drug-likeness (QED) is 0.830. The van der Waals surface area contributed by atoms with E-state index in [1.165, 1.54) is 12.8 Å². The first-order chi connectivity index (χ1) is 13.1. The fourth-order valence-corrected chi connectivity index (χ4v) is 4.60. The summed E-state index contributed by atoms with van der Waals surface area (Å²) in [4.78, 5) is 28.2. The van der Waals surface area contributed by atoms with Crippen molar-refractivity contribution in [2.24, 2.45) is 11.8 Å². The van der Waals surface area contributed by atoms with Crippen LogP contribution in [0.25, 0.3) is 0 Å². The van der Waals surface area contributed by atoms with Crippen LogP contribution < -0.4 is 4.74 Å². The fourth-order valence-electron chi connectivity index (χ4n) is 4.60. The monoisotopic (exact) mass is 372 g/mol. The summed E-state index contributed by atoms with van der Waals surface area (Å²) < 4.78 is 5.47. The number of piperidine rings is 1. The predicted molar refractivity (Wildman–Crippen MR) is 100 cm³/mol. The van der Waals surface area contributed by atoms with Gasteiger partial charge in [0.25, 0.3) is 0 Å². The van der Waals surface area contributed by atoms with Crippen molar-refractivity contribution in [3.63, 3.8) is 0 Å². The van der Waals surface area contributed by atoms with E-state index >= 15 is 0 Å². The lowest BCUT2D eigenvalue weighted by Gasteiger charge is -2.36. The molecule has 6 heteroatoms. The molecule has 1 saturated carbocycles. The standard InChI is InChI=1S/C21H28N2O4/c24-20(25)14-27-19-7-2-1-4-17(19)12-22-10-15-8-9-18(22)13-23(11-15)21(26)16-5-3-6-16/h1-2,4,7,15-16,18H,3,5-6,8-14H2,(H,24,25)/t15-,18-/m1/s1. The van der Waals surface area contributed by atoms with Crippen LogP contribution in [-0.4, -0.2) is 59.1 Å². The largest absolute Gasteiger partial charge is 0.482 e. The summed E-state index contributed by atoms with van der Waals surface area (Å²) in [7, 11) is 0. The highest BCUT2D eigenvalue weighted by molar-refractivity contribution is 5.79. The van der Waals surface area contributed by atoms with Gasteiger partial charge in [0.05, 0.1) is 0 Å². The minimum absolute atomic E-state index is 0.265. The van der Waals surface area contributed by atoms with Crippen LogP contribution in [0.4, 0.5) is 0 Å². The molecule has 6 nitrogen and oxygen atoms in total. The molecule has 0 spiro atoms. The molecule has 1 aromatic rings. The van der Waals surface area contributed by atoms with Crippen molar-refractivity contribution in [1.82, 2.24) is 9.80 Å². The SMILES string of the molecule is O=C(O)COc1ccccc1CN1C[C@H]2CC[C@@H]1CN(C(=O)C1CCC1)C2. The molecule has 2 bridgehead atoms. The van der Waals surface area contributed by atoms with Gasteiger partial charge in [-0.1, -0.05) is 24.6 Å². The number of benzene rings is 1. The summed E-state index contributed by atoms with van der Waals surface area (Å²) in [5.74, 6) is 0.831. The molecule has 0 aromatic heterocycles. The number of carboxylic acid groups (broad SMARTS) is 1. The maximum atomic E-state index is 12.8. The molecule has 4 fully saturated rings. The number of carbonyl (C=O) groups excluding carboxylic acids is 1. The average Bonchev–Trinajstić information content (AvgIpc) is 2.91. The molecule has 5 rings (SSSR count). The van der Waals surface area contributed by atoms with Gasteiger partial charge in [0.2, 0.25) is 5.91 Å². The maximum Gasteiger partial charge on any atom is 0.341 e. The molecule has 3 saturated heterocycles. The fraction of sp³-hybridized carbons (Fsp3) is 0.619. The number of rotatable bonds is 6. The minimum Gasteiger partial charge on any atom is -0.482 e. The van der Waals surface area contributed by atoms with Crippen LogP contribution in [0.3, 0.4) is 0 Å². The molecule has 3 aliphatic heterocycles. The Kier molecular flexibility index (Phi) is 5.34. The summed E-state index contributed by atoms with van der Waals surface area (Å²) in [6.07, 6.45) is 5.62. The van der Waals surface area contributed by atoms with Gasteiger partial charge >= 0.3 is 5.97 Å². The number of amides is 1. The van der Waals surface area contributed by atoms with Gasteiger partial charge < -0.3 is 14.7 Å². The van der Waals surface area contributed by atoms with E-state index < -0.39 is 5.97 Å². The molecule has 4 aliphatic rings. The zero-order chi connectivity index (χ0) is 18.8. The van der Waals surface area contributed by atoms with E-state index in [4.69, 9.17) is 9.84 Å². The van der Waals surface area contributed by atoms with Crippen molar-refractivity contribution >= 4 is 11.9 Å². The molecule has 27 heavy (non-hydrogen) atoms. The lowest BCUT2D eigenvalue weighted by atomic mass is 9.84. The zero-order valence-corrected chi connectivity index (χ0v) is 15.7. The lowest BCUT2D eigenvalue weighted by molar-refractivity contribution is -0.139. The van der Waals surface area contributed by atoms with Crippen molar-refractivity contribution in [3.8, 4) is 5.75 Å². The second-order valence-electron chi connectivity index (χ2n) is 8.19. The van der Waals surface area contributed by atoms with Gasteiger partial charge in [0.1, 0.15) is 5.75 Å². The number of aliphatic carboxylic acids is 1. The van der Waals surface area contributed by atoms with Crippen LogP contribution in [0.5, 0.6) is 5.75 Å². The van der Waals surface area contributed by atoms with E-state index in [9.17, 15) is 9.59 Å². The van der Waals surface area contributed by atoms with E-state index in [1.807, 2.05) is 24.3 Å². The first-order valence-electron chi connectivity index (χ1n) is 10.1. The van der Waals surface area contributed by atoms with Gasteiger partial charge in [0, 0.05) is 43.7 Å². The second kappa shape index (κ2) is 7.89. The molecule has 0 unspecified atom stereocenters. The molecule has 2 atom stereocenters. The number of hydrogen-bond donors (Lipinski definition) is 1. The first kappa shape index (κ1) is 18.3. The van der Waals surface area contributed by atoms with Crippen molar-refractivity contribution < 1.29 is 19.4 Å². The summed E-state index contributed by atoms with van der Waals surface area (Å²) >= 11 is 0. The van der Waals surface area contributed by atoms with Crippen LogP contribution in [0.1, 0.15) is 37.7 Å². The summed E-state index contributed by atoms with van der Waals surface area (Å²) in [5.41, 5.74) is 1.02. The normalized spacial score (nSPS) is 25.7. The number of ether oxygens (including phenoxy) is 1. The van der Waals surface area contributed by atoms with Gasteiger partial charge in [0.15, 0.2) is 6.61 Å². The van der Waals surface area contributed by atoms with Crippen molar-refractivity contribution in [3.05, 3.63) is 29.8 Å². The Balaban J connectivity index is 1.44. The van der Waals surface area contributed by atoms with Gasteiger partial charge in [-0.15, -0.1) is 0 Å². The second-order valence-corrected chi connectivity index (χ2v) is 8.19. The molecular formula is C21H28N2O4. The van der Waals surface area contributed by atoms with Crippen LogP contribution in [0.2, 0.25) is 0 Å². The van der Waals surface area contributed by atoms with E-state index in [-0.39, 0.29) is 12.5 Å². The number of fused-ring (bicyclic) bond motifs is 4. The molecule has 1 aliphatic carbocycles. The number of para-hydroxylation sites is 1. The summed E-state index contributed by atoms with van der Waals surface area (Å²) in [6, 6.07) is 8.05. The van der Waals surface area contributed by atoms with Gasteiger partial charge in [-0.2, -0.15) is 0 Å². The Morgan fingerprint density at radius 2 is 1.89 bits per heavy atom. The molecule has 3 heterocycles. The van der Waals surface area contributed by atoms with E-state index in [0.717, 1.165) is 51.0 Å². The molecule has 0 radical (unpaired) electrons. The Bertz CT molecular complexity index is 703. The van der Waals surface area contributed by atoms with Crippen LogP contribution >= 0.6 is 0 Å². The topological polar surface area (TPSA) is 70.1 Å². The summed E-state index contributed by atoms with van der Waals surface area (Å²) in [6.45, 7) is 3.12. The van der Waals surface area contributed by atoms with E-state index in [1.54, 1.807) is 0 Å². The smallest absolute Gasteiger partial charge is 0.341 e. The third-order valence-corrected chi connectivity index (χ3v) is 6.29. The molecule has 1 amide bonds. The van der Waals surface area contributed by atoms with Gasteiger partial charge in [-0.3, -0.25) is 9.69 Å². The van der Waals surface area contributed by atoms with Gasteiger partial charge in [-0.05, 0) is 37.7 Å². The predicted octanol–water partition coefficient (Wildman–Crippen LogP) is 2.37. The Morgan fingerprint density at radius 1 is 1.07 bits per heavy atom. The Hall–Kier alpha value is -2.08. The highest BCUT2D eigenvalue weighted by Crippen LogP contribution is 2.34. The average molecular weight is 372 g/mol. The van der Waals surface area contributed by atoms with E-state index in [0.29, 0.717) is 23.6 Å². The Morgan fingerprint density at radius 3 is 2.63 bits per heavy atom. The number of carboxylic acids is 1. The molecule has 1 aromatic carbocycles. The van der Waals surface area contributed by atoms with Gasteiger partial charge in [-0.25, -0.2) is 4.79 Å². The number of nitrogens with zero attached hydrogens (tertiary/aromatic N) is 2. The zero-order valence-electron chi connectivity index (χ0n) is 15.7. The Labute approximate surface area is 160 Å². The van der Waals surface area contributed by atoms with Crippen molar-refractivity contribution in [2.45, 2.75) is 44.7 Å². The molecule has 146 valence electrons.